The van der Waals surface area contributed by atoms with Crippen LogP contribution in [0.2, 0.25) is 0 Å². The van der Waals surface area contributed by atoms with Gasteiger partial charge in [0.1, 0.15) is 11.3 Å². The Morgan fingerprint density at radius 2 is 1.62 bits per heavy atom. The number of likely N-dealkylation sites (tertiary alicyclic amines) is 1. The van der Waals surface area contributed by atoms with Crippen LogP contribution in [0.5, 0.6) is 0 Å². The average Bonchev–Trinajstić information content (AvgIpc) is 3.14. The standard InChI is InChI=1S/C19H28N4O3/c1-19(2,3)26-18(25)23-12-10-21(11-13-23)15-6-7-16(20-14-15)17(24)22-8-4-5-9-22/h6-7,14H,4-5,8-13H2,1-3H3. The number of hydrogen-bond acceptors (Lipinski definition) is 5. The van der Waals surface area contributed by atoms with Crippen molar-refractivity contribution in [3.63, 3.8) is 0 Å². The molecule has 0 saturated carbocycles. The first-order valence-corrected chi connectivity index (χ1v) is 9.32. The molecule has 0 bridgehead atoms. The van der Waals surface area contributed by atoms with Gasteiger partial charge in [0.05, 0.1) is 11.9 Å². The fraction of sp³-hybridized carbons (Fsp3) is 0.632. The normalized spacial score (nSPS) is 18.2. The third kappa shape index (κ3) is 4.45. The summed E-state index contributed by atoms with van der Waals surface area (Å²) < 4.78 is 5.42. The number of carbonyl (C=O) groups is 2. The Hall–Kier alpha value is -2.31. The summed E-state index contributed by atoms with van der Waals surface area (Å²) in [5, 5.41) is 0. The summed E-state index contributed by atoms with van der Waals surface area (Å²) in [4.78, 5) is 34.6. The van der Waals surface area contributed by atoms with Crippen LogP contribution in [-0.2, 0) is 4.74 Å². The Labute approximate surface area is 154 Å². The van der Waals surface area contributed by atoms with Gasteiger partial charge in [-0.1, -0.05) is 0 Å². The van der Waals surface area contributed by atoms with E-state index in [2.05, 4.69) is 9.88 Å². The first-order chi connectivity index (χ1) is 12.3. The zero-order valence-electron chi connectivity index (χ0n) is 15.9. The number of aromatic nitrogens is 1. The number of piperazine rings is 1. The number of anilines is 1. The van der Waals surface area contributed by atoms with E-state index >= 15 is 0 Å². The van der Waals surface area contributed by atoms with Gasteiger partial charge in [-0.15, -0.1) is 0 Å². The molecular formula is C19H28N4O3. The summed E-state index contributed by atoms with van der Waals surface area (Å²) in [7, 11) is 0. The van der Waals surface area contributed by atoms with E-state index in [1.807, 2.05) is 31.7 Å². The van der Waals surface area contributed by atoms with Crippen LogP contribution >= 0.6 is 0 Å². The van der Waals surface area contributed by atoms with Gasteiger partial charge in [0.2, 0.25) is 0 Å². The fourth-order valence-corrected chi connectivity index (χ4v) is 3.26. The van der Waals surface area contributed by atoms with E-state index in [0.717, 1.165) is 44.7 Å². The highest BCUT2D eigenvalue weighted by Crippen LogP contribution is 2.19. The number of carbonyl (C=O) groups excluding carboxylic acids is 2. The highest BCUT2D eigenvalue weighted by Gasteiger charge is 2.26. The topological polar surface area (TPSA) is 66.0 Å². The maximum absolute atomic E-state index is 12.4. The van der Waals surface area contributed by atoms with Crippen molar-refractivity contribution in [2.75, 3.05) is 44.2 Å². The second-order valence-electron chi connectivity index (χ2n) is 7.86. The zero-order chi connectivity index (χ0) is 18.7. The van der Waals surface area contributed by atoms with Crippen molar-refractivity contribution < 1.29 is 14.3 Å². The van der Waals surface area contributed by atoms with E-state index < -0.39 is 5.60 Å². The summed E-state index contributed by atoms with van der Waals surface area (Å²) >= 11 is 0. The molecule has 2 saturated heterocycles. The molecular weight excluding hydrogens is 332 g/mol. The average molecular weight is 360 g/mol. The van der Waals surface area contributed by atoms with Crippen LogP contribution in [0.4, 0.5) is 10.5 Å². The molecule has 2 aliphatic rings. The highest BCUT2D eigenvalue weighted by atomic mass is 16.6. The van der Waals surface area contributed by atoms with Crippen molar-refractivity contribution in [1.29, 1.82) is 0 Å². The molecule has 0 radical (unpaired) electrons. The molecule has 142 valence electrons. The minimum Gasteiger partial charge on any atom is -0.444 e. The molecule has 0 aliphatic carbocycles. The Bertz CT molecular complexity index is 640. The Balaban J connectivity index is 1.54. The summed E-state index contributed by atoms with van der Waals surface area (Å²) in [6.07, 6.45) is 3.64. The maximum atomic E-state index is 12.4. The second-order valence-corrected chi connectivity index (χ2v) is 7.86. The van der Waals surface area contributed by atoms with Gasteiger partial charge in [0, 0.05) is 39.3 Å². The smallest absolute Gasteiger partial charge is 0.410 e. The number of nitrogens with zero attached hydrogens (tertiary/aromatic N) is 4. The molecule has 26 heavy (non-hydrogen) atoms. The molecule has 2 aliphatic heterocycles. The number of hydrogen-bond donors (Lipinski definition) is 0. The van der Waals surface area contributed by atoms with Crippen LogP contribution < -0.4 is 4.90 Å². The van der Waals surface area contributed by atoms with Gasteiger partial charge < -0.3 is 19.4 Å². The van der Waals surface area contributed by atoms with Gasteiger partial charge in [-0.25, -0.2) is 9.78 Å². The maximum Gasteiger partial charge on any atom is 0.410 e. The fourth-order valence-electron chi connectivity index (χ4n) is 3.26. The lowest BCUT2D eigenvalue weighted by Crippen LogP contribution is -2.50. The SMILES string of the molecule is CC(C)(C)OC(=O)N1CCN(c2ccc(C(=O)N3CCCC3)nc2)CC1. The quantitative estimate of drug-likeness (QED) is 0.810. The molecule has 7 heteroatoms. The first kappa shape index (κ1) is 18.5. The molecule has 3 heterocycles. The zero-order valence-corrected chi connectivity index (χ0v) is 15.9. The molecule has 0 unspecified atom stereocenters. The predicted molar refractivity (Wildman–Crippen MR) is 99.4 cm³/mol. The van der Waals surface area contributed by atoms with Crippen LogP contribution in [0.15, 0.2) is 18.3 Å². The van der Waals surface area contributed by atoms with Crippen LogP contribution in [0, 0.1) is 0 Å². The molecule has 2 fully saturated rings. The van der Waals surface area contributed by atoms with Gasteiger partial charge >= 0.3 is 6.09 Å². The monoisotopic (exact) mass is 360 g/mol. The van der Waals surface area contributed by atoms with Crippen LogP contribution in [-0.4, -0.2) is 71.7 Å². The lowest BCUT2D eigenvalue weighted by molar-refractivity contribution is 0.0240. The van der Waals surface area contributed by atoms with E-state index in [-0.39, 0.29) is 12.0 Å². The number of ether oxygens (including phenoxy) is 1. The summed E-state index contributed by atoms with van der Waals surface area (Å²) in [6.45, 7) is 9.95. The third-order valence-corrected chi connectivity index (χ3v) is 4.66. The first-order valence-electron chi connectivity index (χ1n) is 9.32. The molecule has 2 amide bonds. The number of rotatable bonds is 2. The van der Waals surface area contributed by atoms with E-state index in [0.29, 0.717) is 18.8 Å². The van der Waals surface area contributed by atoms with Gasteiger partial charge in [-0.05, 0) is 45.7 Å². The van der Waals surface area contributed by atoms with E-state index in [9.17, 15) is 9.59 Å². The van der Waals surface area contributed by atoms with Crippen LogP contribution in [0.25, 0.3) is 0 Å². The minimum absolute atomic E-state index is 0.0174. The van der Waals surface area contributed by atoms with Crippen molar-refractivity contribution >= 4 is 17.7 Å². The number of amides is 2. The summed E-state index contributed by atoms with van der Waals surface area (Å²) in [5.41, 5.74) is 1.01. The predicted octanol–water partition coefficient (Wildman–Crippen LogP) is 2.37. The Kier molecular flexibility index (Phi) is 5.34. The van der Waals surface area contributed by atoms with Crippen molar-refractivity contribution in [2.24, 2.45) is 0 Å². The largest absolute Gasteiger partial charge is 0.444 e. The van der Waals surface area contributed by atoms with Crippen molar-refractivity contribution in [3.05, 3.63) is 24.0 Å². The summed E-state index contributed by atoms with van der Waals surface area (Å²) in [5.74, 6) is 0.0174. The van der Waals surface area contributed by atoms with Gasteiger partial charge in [0.25, 0.3) is 5.91 Å². The lowest BCUT2D eigenvalue weighted by Gasteiger charge is -2.36. The van der Waals surface area contributed by atoms with Crippen LogP contribution in [0.3, 0.4) is 0 Å². The highest BCUT2D eigenvalue weighted by molar-refractivity contribution is 5.92. The molecule has 3 rings (SSSR count). The van der Waals surface area contributed by atoms with Gasteiger partial charge in [-0.2, -0.15) is 0 Å². The molecule has 0 atom stereocenters. The van der Waals surface area contributed by atoms with Crippen molar-refractivity contribution in [1.82, 2.24) is 14.8 Å². The van der Waals surface area contributed by atoms with E-state index in [1.54, 1.807) is 17.2 Å². The van der Waals surface area contributed by atoms with E-state index in [1.165, 1.54) is 0 Å². The van der Waals surface area contributed by atoms with Crippen molar-refractivity contribution in [3.8, 4) is 0 Å². The van der Waals surface area contributed by atoms with Crippen molar-refractivity contribution in [2.45, 2.75) is 39.2 Å². The minimum atomic E-state index is -0.476. The Morgan fingerprint density at radius 1 is 0.962 bits per heavy atom. The molecule has 0 N–H and O–H groups in total. The van der Waals surface area contributed by atoms with Gasteiger partial charge in [0.15, 0.2) is 0 Å². The lowest BCUT2D eigenvalue weighted by atomic mass is 10.2. The molecule has 7 nitrogen and oxygen atoms in total. The molecule has 0 spiro atoms. The second kappa shape index (κ2) is 7.51. The third-order valence-electron chi connectivity index (χ3n) is 4.66. The molecule has 1 aromatic rings. The number of pyridine rings is 1. The molecule has 1 aromatic heterocycles. The van der Waals surface area contributed by atoms with Gasteiger partial charge in [-0.3, -0.25) is 4.79 Å². The Morgan fingerprint density at radius 3 is 2.15 bits per heavy atom. The van der Waals surface area contributed by atoms with E-state index in [4.69, 9.17) is 4.74 Å². The van der Waals surface area contributed by atoms with Crippen LogP contribution in [0.1, 0.15) is 44.1 Å². The molecule has 0 aromatic carbocycles. The summed E-state index contributed by atoms with van der Waals surface area (Å²) in [6, 6.07) is 3.75.